The maximum atomic E-state index is 11.9. The first-order valence-electron chi connectivity index (χ1n) is 7.75. The molecule has 0 saturated carbocycles. The van der Waals surface area contributed by atoms with Gasteiger partial charge in [-0.2, -0.15) is 0 Å². The summed E-state index contributed by atoms with van der Waals surface area (Å²) in [6, 6.07) is 10.6. The number of unbranched alkanes of at least 4 members (excludes halogenated alkanes) is 3. The van der Waals surface area contributed by atoms with E-state index in [1.807, 2.05) is 6.07 Å². The topological polar surface area (TPSA) is 17.1 Å². The molecule has 1 nitrogen and oxygen atoms in total. The van der Waals surface area contributed by atoms with Crippen LogP contribution in [0.5, 0.6) is 0 Å². The van der Waals surface area contributed by atoms with Crippen molar-refractivity contribution in [3.63, 3.8) is 0 Å². The summed E-state index contributed by atoms with van der Waals surface area (Å²) >= 11 is 0. The van der Waals surface area contributed by atoms with Crippen molar-refractivity contribution >= 4 is 19.0 Å². The second-order valence-corrected chi connectivity index (χ2v) is 10.4. The highest BCUT2D eigenvalue weighted by Gasteiger charge is 2.22. The molecule has 0 aromatic heterocycles. The molecule has 20 heavy (non-hydrogen) atoms. The maximum Gasteiger partial charge on any atom is 0.155 e. The highest BCUT2D eigenvalue weighted by Crippen LogP contribution is 2.16. The summed E-state index contributed by atoms with van der Waals surface area (Å²) in [5, 5.41) is 1.40. The lowest BCUT2D eigenvalue weighted by Crippen LogP contribution is -2.40. The molecule has 1 aromatic rings. The fraction of sp³-hybridized carbons (Fsp3) is 0.500. The van der Waals surface area contributed by atoms with Crippen molar-refractivity contribution in [3.05, 3.63) is 41.6 Å². The summed E-state index contributed by atoms with van der Waals surface area (Å²) in [6.07, 6.45) is 5.82. The van der Waals surface area contributed by atoms with E-state index in [0.29, 0.717) is 0 Å². The van der Waals surface area contributed by atoms with Crippen LogP contribution in [-0.2, 0) is 4.79 Å². The largest absolute Gasteiger partial charge is 0.295 e. The minimum absolute atomic E-state index is 0.248. The van der Waals surface area contributed by atoms with Gasteiger partial charge in [-0.25, -0.2) is 0 Å². The van der Waals surface area contributed by atoms with Crippen molar-refractivity contribution in [1.29, 1.82) is 0 Å². The number of hydrogen-bond donors (Lipinski definition) is 0. The van der Waals surface area contributed by atoms with Crippen molar-refractivity contribution < 1.29 is 4.79 Å². The predicted octanol–water partition coefficient (Wildman–Crippen LogP) is 4.63. The van der Waals surface area contributed by atoms with Gasteiger partial charge in [0, 0.05) is 0 Å². The van der Waals surface area contributed by atoms with Crippen molar-refractivity contribution in [2.75, 3.05) is 0 Å². The van der Waals surface area contributed by atoms with E-state index < -0.39 is 8.07 Å². The van der Waals surface area contributed by atoms with Crippen molar-refractivity contribution in [2.45, 2.75) is 59.0 Å². The lowest BCUT2D eigenvalue weighted by molar-refractivity contribution is -0.113. The van der Waals surface area contributed by atoms with E-state index in [0.717, 1.165) is 18.4 Å². The van der Waals surface area contributed by atoms with Crippen LogP contribution in [-0.4, -0.2) is 13.9 Å². The molecule has 0 aliphatic heterocycles. The molecular weight excluding hydrogens is 260 g/mol. The Hall–Kier alpha value is -1.15. The Bertz CT molecular complexity index is 446. The zero-order chi connectivity index (χ0) is 15.0. The third-order valence-corrected chi connectivity index (χ3v) is 6.70. The quantitative estimate of drug-likeness (QED) is 0.387. The fourth-order valence-corrected chi connectivity index (χ4v) is 4.92. The van der Waals surface area contributed by atoms with Crippen molar-refractivity contribution in [3.8, 4) is 0 Å². The summed E-state index contributed by atoms with van der Waals surface area (Å²) in [5.41, 5.74) is 3.35. The van der Waals surface area contributed by atoms with Crippen LogP contribution in [0.1, 0.15) is 46.0 Å². The molecule has 0 radical (unpaired) electrons. The van der Waals surface area contributed by atoms with E-state index >= 15 is 0 Å². The van der Waals surface area contributed by atoms with E-state index in [-0.39, 0.29) is 5.78 Å². The van der Waals surface area contributed by atoms with E-state index in [2.05, 4.69) is 50.0 Å². The third-order valence-electron chi connectivity index (χ3n) is 3.80. The van der Waals surface area contributed by atoms with Crippen molar-refractivity contribution in [1.82, 2.24) is 0 Å². The Morgan fingerprint density at radius 3 is 2.30 bits per heavy atom. The molecule has 0 spiro atoms. The number of allylic oxidation sites excluding steroid dienone is 1. The Morgan fingerprint density at radius 1 is 1.10 bits per heavy atom. The highest BCUT2D eigenvalue weighted by molar-refractivity contribution is 6.94. The van der Waals surface area contributed by atoms with Gasteiger partial charge in [-0.05, 0) is 25.3 Å². The molecule has 1 rings (SSSR count). The fourth-order valence-electron chi connectivity index (χ4n) is 2.48. The summed E-state index contributed by atoms with van der Waals surface area (Å²) < 4.78 is 0. The Balaban J connectivity index is 2.81. The van der Waals surface area contributed by atoms with Crippen LogP contribution in [0.15, 0.2) is 41.6 Å². The number of ketones is 1. The first kappa shape index (κ1) is 16.9. The molecule has 0 saturated heterocycles. The molecule has 2 heteroatoms. The highest BCUT2D eigenvalue weighted by atomic mass is 28.3. The molecule has 0 amide bonds. The molecule has 0 heterocycles. The Kier molecular flexibility index (Phi) is 6.93. The Labute approximate surface area is 125 Å². The normalized spacial score (nSPS) is 12.5. The smallest absolute Gasteiger partial charge is 0.155 e. The number of benzene rings is 1. The van der Waals surface area contributed by atoms with E-state index in [1.165, 1.54) is 24.4 Å². The van der Waals surface area contributed by atoms with Gasteiger partial charge in [0.15, 0.2) is 5.78 Å². The van der Waals surface area contributed by atoms with Crippen LogP contribution in [0, 0.1) is 0 Å². The molecule has 0 N–H and O–H groups in total. The second kappa shape index (κ2) is 8.20. The van der Waals surface area contributed by atoms with E-state index in [9.17, 15) is 4.79 Å². The second-order valence-electron chi connectivity index (χ2n) is 6.12. The van der Waals surface area contributed by atoms with Gasteiger partial charge < -0.3 is 0 Å². The van der Waals surface area contributed by atoms with Crippen LogP contribution >= 0.6 is 0 Å². The van der Waals surface area contributed by atoms with E-state index in [1.54, 1.807) is 6.92 Å². The van der Waals surface area contributed by atoms with Gasteiger partial charge in [-0.3, -0.25) is 4.79 Å². The SMILES string of the molecule is CCCCCC/C(=C/[Si](C)(C)c1ccccc1)C(C)=O. The number of carbonyl (C=O) groups is 1. The standard InChI is InChI=1S/C18H28OSi/c1-5-6-7-9-12-17(16(2)19)15-20(3,4)18-13-10-8-11-14-18/h8,10-11,13-15H,5-7,9,12H2,1-4H3/b17-15-. The molecule has 0 fully saturated rings. The van der Waals surface area contributed by atoms with Gasteiger partial charge in [-0.15, -0.1) is 0 Å². The third kappa shape index (κ3) is 5.46. The molecule has 0 atom stereocenters. The molecule has 0 unspecified atom stereocenters. The van der Waals surface area contributed by atoms with Gasteiger partial charge in [0.1, 0.15) is 8.07 Å². The summed E-state index contributed by atoms with van der Waals surface area (Å²) in [4.78, 5) is 11.9. The Morgan fingerprint density at radius 2 is 1.75 bits per heavy atom. The predicted molar refractivity (Wildman–Crippen MR) is 91.1 cm³/mol. The lowest BCUT2D eigenvalue weighted by Gasteiger charge is -2.20. The first-order chi connectivity index (χ1) is 9.47. The van der Waals surface area contributed by atoms with Crippen LogP contribution in [0.3, 0.4) is 0 Å². The van der Waals surface area contributed by atoms with Gasteiger partial charge >= 0.3 is 0 Å². The van der Waals surface area contributed by atoms with Crippen LogP contribution < -0.4 is 5.19 Å². The van der Waals surface area contributed by atoms with E-state index in [4.69, 9.17) is 0 Å². The molecule has 1 aromatic carbocycles. The monoisotopic (exact) mass is 288 g/mol. The average molecular weight is 289 g/mol. The number of carbonyl (C=O) groups excluding carboxylic acids is 1. The summed E-state index contributed by atoms with van der Waals surface area (Å²) in [7, 11) is -1.66. The minimum Gasteiger partial charge on any atom is -0.295 e. The van der Waals surface area contributed by atoms with Crippen molar-refractivity contribution in [2.24, 2.45) is 0 Å². The molecule has 110 valence electrons. The van der Waals surface area contributed by atoms with Gasteiger partial charge in [-0.1, -0.05) is 80.5 Å². The zero-order valence-electron chi connectivity index (χ0n) is 13.4. The number of Topliss-reactive ketones (excluding diaryl/α,β-unsaturated/α-hetero) is 1. The molecule has 0 bridgehead atoms. The minimum atomic E-state index is -1.66. The summed E-state index contributed by atoms with van der Waals surface area (Å²) in [5.74, 6) is 0.248. The average Bonchev–Trinajstić information content (AvgIpc) is 2.43. The lowest BCUT2D eigenvalue weighted by atomic mass is 10.1. The molecule has 0 aliphatic rings. The zero-order valence-corrected chi connectivity index (χ0v) is 14.4. The van der Waals surface area contributed by atoms with Gasteiger partial charge in [0.2, 0.25) is 0 Å². The van der Waals surface area contributed by atoms with Crippen LogP contribution in [0.2, 0.25) is 13.1 Å². The van der Waals surface area contributed by atoms with Gasteiger partial charge in [0.05, 0.1) is 0 Å². The van der Waals surface area contributed by atoms with Gasteiger partial charge in [0.25, 0.3) is 0 Å². The molecular formula is C18H28OSi. The number of rotatable bonds is 8. The number of hydrogen-bond acceptors (Lipinski definition) is 1. The van der Waals surface area contributed by atoms with Crippen LogP contribution in [0.4, 0.5) is 0 Å². The summed E-state index contributed by atoms with van der Waals surface area (Å²) in [6.45, 7) is 8.56. The maximum absolute atomic E-state index is 11.9. The first-order valence-corrected chi connectivity index (χ1v) is 10.8. The molecule has 0 aliphatic carbocycles. The van der Waals surface area contributed by atoms with Crippen LogP contribution in [0.25, 0.3) is 0 Å².